The summed E-state index contributed by atoms with van der Waals surface area (Å²) in [4.78, 5) is 0. The van der Waals surface area contributed by atoms with Crippen LogP contribution in [0.15, 0.2) is 48.5 Å². The van der Waals surface area contributed by atoms with E-state index in [1.165, 1.54) is 11.6 Å². The molecule has 0 aromatic heterocycles. The molecule has 0 atom stereocenters. The number of anilines is 1. The van der Waals surface area contributed by atoms with E-state index in [1.807, 2.05) is 12.1 Å². The van der Waals surface area contributed by atoms with Gasteiger partial charge in [-0.3, -0.25) is 0 Å². The molecule has 2 rings (SSSR count). The van der Waals surface area contributed by atoms with Gasteiger partial charge in [-0.05, 0) is 42.4 Å². The molecule has 0 aliphatic heterocycles. The van der Waals surface area contributed by atoms with Gasteiger partial charge in [0, 0.05) is 17.8 Å². The minimum Gasteiger partial charge on any atom is -0.358 e. The molecule has 2 nitrogen and oxygen atoms in total. The Bertz CT molecular complexity index is 599. The average Bonchev–Trinajstić information content (AvgIpc) is 2.46. The number of benzene rings is 2. The summed E-state index contributed by atoms with van der Waals surface area (Å²) < 4.78 is 13.5. The molecule has 104 valence electrons. The van der Waals surface area contributed by atoms with E-state index in [9.17, 15) is 4.39 Å². The van der Waals surface area contributed by atoms with Gasteiger partial charge in [0.25, 0.3) is 0 Å². The third-order valence-corrected chi connectivity index (χ3v) is 3.24. The van der Waals surface area contributed by atoms with Crippen LogP contribution >= 0.6 is 12.2 Å². The number of hydrogen-bond acceptors (Lipinski definition) is 1. The highest BCUT2D eigenvalue weighted by Gasteiger charge is 2.02. The molecule has 0 saturated heterocycles. The fourth-order valence-electron chi connectivity index (χ4n) is 1.86. The van der Waals surface area contributed by atoms with E-state index in [2.05, 4.69) is 29.7 Å². The second-order valence-corrected chi connectivity index (χ2v) is 4.86. The molecule has 0 saturated carbocycles. The molecule has 4 heteroatoms. The van der Waals surface area contributed by atoms with Crippen LogP contribution in [0.25, 0.3) is 0 Å². The number of thiocarbonyl (C=S) groups is 1. The van der Waals surface area contributed by atoms with Gasteiger partial charge in [0.1, 0.15) is 5.82 Å². The summed E-state index contributed by atoms with van der Waals surface area (Å²) in [7, 11) is 0. The average molecular weight is 288 g/mol. The van der Waals surface area contributed by atoms with E-state index in [0.717, 1.165) is 12.1 Å². The van der Waals surface area contributed by atoms with Crippen LogP contribution in [-0.2, 0) is 13.0 Å². The first-order valence-electron chi connectivity index (χ1n) is 6.56. The maximum atomic E-state index is 13.5. The van der Waals surface area contributed by atoms with Gasteiger partial charge in [0.15, 0.2) is 5.11 Å². The molecule has 2 aromatic rings. The molecule has 2 N–H and O–H groups in total. The monoisotopic (exact) mass is 288 g/mol. The predicted octanol–water partition coefficient (Wildman–Crippen LogP) is 3.87. The van der Waals surface area contributed by atoms with Gasteiger partial charge in [-0.1, -0.05) is 37.3 Å². The lowest BCUT2D eigenvalue weighted by Gasteiger charge is -2.11. The summed E-state index contributed by atoms with van der Waals surface area (Å²) in [6, 6.07) is 14.7. The van der Waals surface area contributed by atoms with Crippen molar-refractivity contribution in [2.24, 2.45) is 0 Å². The topological polar surface area (TPSA) is 24.1 Å². The molecule has 0 bridgehead atoms. The van der Waals surface area contributed by atoms with E-state index >= 15 is 0 Å². The van der Waals surface area contributed by atoms with Crippen LogP contribution in [0.2, 0.25) is 0 Å². The molecule has 0 aliphatic carbocycles. The molecular weight excluding hydrogens is 271 g/mol. The quantitative estimate of drug-likeness (QED) is 0.835. The molecule has 0 radical (unpaired) electrons. The molecule has 0 spiro atoms. The van der Waals surface area contributed by atoms with E-state index in [1.54, 1.807) is 18.2 Å². The largest absolute Gasteiger partial charge is 0.358 e. The fourth-order valence-corrected chi connectivity index (χ4v) is 2.05. The summed E-state index contributed by atoms with van der Waals surface area (Å²) in [6.45, 7) is 2.47. The minimum absolute atomic E-state index is 0.226. The second-order valence-electron chi connectivity index (χ2n) is 4.45. The van der Waals surface area contributed by atoms with Crippen LogP contribution in [0.1, 0.15) is 18.1 Å². The van der Waals surface area contributed by atoms with Gasteiger partial charge >= 0.3 is 0 Å². The highest BCUT2D eigenvalue weighted by atomic mass is 32.1. The van der Waals surface area contributed by atoms with Gasteiger partial charge in [0.2, 0.25) is 0 Å². The number of hydrogen-bond donors (Lipinski definition) is 2. The summed E-state index contributed by atoms with van der Waals surface area (Å²) in [5.41, 5.74) is 2.78. The predicted molar refractivity (Wildman–Crippen MR) is 85.3 cm³/mol. The number of aryl methyl sites for hydroxylation is 1. The first-order chi connectivity index (χ1) is 9.69. The van der Waals surface area contributed by atoms with Crippen molar-refractivity contribution in [2.45, 2.75) is 19.9 Å². The zero-order valence-electron chi connectivity index (χ0n) is 11.3. The Balaban J connectivity index is 1.91. The number of halogens is 1. The van der Waals surface area contributed by atoms with Crippen LogP contribution in [0.5, 0.6) is 0 Å². The molecule has 0 aliphatic rings. The normalized spacial score (nSPS) is 10.1. The van der Waals surface area contributed by atoms with Crippen molar-refractivity contribution in [3.8, 4) is 0 Å². The lowest BCUT2D eigenvalue weighted by atomic mass is 10.1. The van der Waals surface area contributed by atoms with Gasteiger partial charge < -0.3 is 10.6 Å². The highest BCUT2D eigenvalue weighted by Crippen LogP contribution is 2.11. The number of rotatable bonds is 4. The molecule has 2 aromatic carbocycles. The highest BCUT2D eigenvalue weighted by molar-refractivity contribution is 7.80. The molecule has 0 fully saturated rings. The van der Waals surface area contributed by atoms with Crippen molar-refractivity contribution in [2.75, 3.05) is 5.32 Å². The molecule has 0 amide bonds. The van der Waals surface area contributed by atoms with Gasteiger partial charge in [-0.15, -0.1) is 0 Å². The van der Waals surface area contributed by atoms with E-state index < -0.39 is 0 Å². The maximum Gasteiger partial charge on any atom is 0.171 e. The Hall–Kier alpha value is -1.94. The van der Waals surface area contributed by atoms with Gasteiger partial charge in [-0.25, -0.2) is 4.39 Å². The summed E-state index contributed by atoms with van der Waals surface area (Å²) >= 11 is 5.21. The third-order valence-electron chi connectivity index (χ3n) is 2.99. The maximum absolute atomic E-state index is 13.5. The molecule has 0 unspecified atom stereocenters. The van der Waals surface area contributed by atoms with Crippen molar-refractivity contribution < 1.29 is 4.39 Å². The smallest absolute Gasteiger partial charge is 0.171 e. The van der Waals surface area contributed by atoms with Crippen molar-refractivity contribution in [3.63, 3.8) is 0 Å². The molecule has 0 heterocycles. The van der Waals surface area contributed by atoms with Gasteiger partial charge in [-0.2, -0.15) is 0 Å². The minimum atomic E-state index is -0.226. The van der Waals surface area contributed by atoms with E-state index in [0.29, 0.717) is 17.2 Å². The Morgan fingerprint density at radius 2 is 1.95 bits per heavy atom. The second kappa shape index (κ2) is 7.01. The van der Waals surface area contributed by atoms with Crippen LogP contribution in [0, 0.1) is 5.82 Å². The Morgan fingerprint density at radius 3 is 2.70 bits per heavy atom. The first kappa shape index (κ1) is 14.5. The van der Waals surface area contributed by atoms with Gasteiger partial charge in [0.05, 0.1) is 0 Å². The van der Waals surface area contributed by atoms with Crippen LogP contribution in [0.3, 0.4) is 0 Å². The summed E-state index contributed by atoms with van der Waals surface area (Å²) in [5, 5.41) is 6.60. The Labute approximate surface area is 124 Å². The van der Waals surface area contributed by atoms with E-state index in [4.69, 9.17) is 12.2 Å². The Morgan fingerprint density at radius 1 is 1.15 bits per heavy atom. The zero-order valence-corrected chi connectivity index (χ0v) is 12.1. The Kier molecular flexibility index (Phi) is 5.07. The van der Waals surface area contributed by atoms with Crippen molar-refractivity contribution >= 4 is 23.0 Å². The summed E-state index contributed by atoms with van der Waals surface area (Å²) in [6.07, 6.45) is 0.977. The van der Waals surface area contributed by atoms with Crippen LogP contribution < -0.4 is 10.6 Å². The fraction of sp³-hybridized carbons (Fsp3) is 0.188. The third kappa shape index (κ3) is 4.03. The standard InChI is InChI=1S/C16H17FN2S/c1-2-12-6-5-8-14(10-12)19-16(20)18-11-13-7-3-4-9-15(13)17/h3-10H,2,11H2,1H3,(H2,18,19,20). The molecular formula is C16H17FN2S. The molecule has 20 heavy (non-hydrogen) atoms. The van der Waals surface area contributed by atoms with Crippen LogP contribution in [-0.4, -0.2) is 5.11 Å². The van der Waals surface area contributed by atoms with Crippen LogP contribution in [0.4, 0.5) is 10.1 Å². The SMILES string of the molecule is CCc1cccc(NC(=S)NCc2ccccc2F)c1. The van der Waals surface area contributed by atoms with E-state index in [-0.39, 0.29) is 5.82 Å². The van der Waals surface area contributed by atoms with Crippen molar-refractivity contribution in [1.29, 1.82) is 0 Å². The lowest BCUT2D eigenvalue weighted by molar-refractivity contribution is 0.606. The van der Waals surface area contributed by atoms with Crippen molar-refractivity contribution in [3.05, 3.63) is 65.5 Å². The summed E-state index contributed by atoms with van der Waals surface area (Å²) in [5.74, 6) is -0.226. The zero-order chi connectivity index (χ0) is 14.4. The lowest BCUT2D eigenvalue weighted by Crippen LogP contribution is -2.28. The van der Waals surface area contributed by atoms with Crippen molar-refractivity contribution in [1.82, 2.24) is 5.32 Å². The first-order valence-corrected chi connectivity index (χ1v) is 6.97. The number of nitrogens with one attached hydrogen (secondary N) is 2.